The Morgan fingerprint density at radius 3 is 2.96 bits per heavy atom. The van der Waals surface area contributed by atoms with Crippen LogP contribution in [-0.2, 0) is 9.59 Å². The fourth-order valence-corrected chi connectivity index (χ4v) is 3.77. The largest absolute Gasteiger partial charge is 0.340 e. The Bertz CT molecular complexity index is 589. The number of likely N-dealkylation sites (tertiary alicyclic amines) is 1. The quantitative estimate of drug-likeness (QED) is 0.826. The molecule has 0 saturated carbocycles. The molecule has 1 atom stereocenters. The zero-order valence-corrected chi connectivity index (χ0v) is 14.3. The van der Waals surface area contributed by atoms with Gasteiger partial charge >= 0.3 is 0 Å². The molecule has 3 rings (SSSR count). The van der Waals surface area contributed by atoms with Gasteiger partial charge < -0.3 is 14.3 Å². The first kappa shape index (κ1) is 16.3. The van der Waals surface area contributed by atoms with Crippen molar-refractivity contribution in [3.8, 4) is 0 Å². The maximum atomic E-state index is 12.4. The van der Waals surface area contributed by atoms with Crippen molar-refractivity contribution < 1.29 is 14.1 Å². The van der Waals surface area contributed by atoms with Crippen LogP contribution in [0.4, 0.5) is 0 Å². The summed E-state index contributed by atoms with van der Waals surface area (Å²) in [5.41, 5.74) is 0. The maximum Gasteiger partial charge on any atom is 0.242 e. The number of carbonyl (C=O) groups excluding carboxylic acids is 2. The Labute approximate surface area is 139 Å². The monoisotopic (exact) mass is 338 g/mol. The molecule has 7 nitrogen and oxygen atoms in total. The van der Waals surface area contributed by atoms with Gasteiger partial charge in [-0.1, -0.05) is 19.0 Å². The Morgan fingerprint density at radius 2 is 2.30 bits per heavy atom. The fourth-order valence-electron chi connectivity index (χ4n) is 2.87. The molecule has 2 saturated heterocycles. The fraction of sp³-hybridized carbons (Fsp3) is 0.733. The number of piperidine rings is 1. The van der Waals surface area contributed by atoms with Crippen molar-refractivity contribution in [1.82, 2.24) is 19.9 Å². The molecule has 0 spiro atoms. The van der Waals surface area contributed by atoms with E-state index in [1.165, 1.54) is 0 Å². The lowest BCUT2D eigenvalue weighted by atomic mass is 9.97. The number of amides is 2. The summed E-state index contributed by atoms with van der Waals surface area (Å²) in [5.74, 6) is 2.82. The van der Waals surface area contributed by atoms with Crippen LogP contribution in [0, 0.1) is 0 Å². The molecule has 8 heteroatoms. The van der Waals surface area contributed by atoms with Crippen molar-refractivity contribution >= 4 is 23.6 Å². The summed E-state index contributed by atoms with van der Waals surface area (Å²) in [4.78, 5) is 32.0. The first-order valence-electron chi connectivity index (χ1n) is 8.01. The number of nitrogens with zero attached hydrogens (tertiary/aromatic N) is 4. The van der Waals surface area contributed by atoms with E-state index in [-0.39, 0.29) is 30.2 Å². The highest BCUT2D eigenvalue weighted by Crippen LogP contribution is 2.26. The Hall–Kier alpha value is -1.57. The molecule has 2 aliphatic heterocycles. The van der Waals surface area contributed by atoms with Crippen molar-refractivity contribution in [2.45, 2.75) is 38.5 Å². The molecule has 0 aromatic carbocycles. The molecule has 1 aromatic rings. The summed E-state index contributed by atoms with van der Waals surface area (Å²) in [6.45, 7) is 5.55. The van der Waals surface area contributed by atoms with Crippen molar-refractivity contribution in [2.24, 2.45) is 0 Å². The van der Waals surface area contributed by atoms with Gasteiger partial charge in [0.25, 0.3) is 0 Å². The zero-order chi connectivity index (χ0) is 16.4. The molecule has 0 unspecified atom stereocenters. The van der Waals surface area contributed by atoms with Crippen LogP contribution in [0.3, 0.4) is 0 Å². The standard InChI is InChI=1S/C15H22N4O3S/c1-10(2)15-16-14(17-22-15)11-4-3-5-18(6-11)12(20)7-19-9-23-8-13(19)21/h10-11H,3-9H2,1-2H3/t11-/m0/s1. The van der Waals surface area contributed by atoms with Gasteiger partial charge in [-0.25, -0.2) is 0 Å². The first-order valence-corrected chi connectivity index (χ1v) is 9.17. The number of thioether (sulfide) groups is 1. The van der Waals surface area contributed by atoms with Crippen LogP contribution in [0.1, 0.15) is 50.2 Å². The van der Waals surface area contributed by atoms with E-state index in [0.29, 0.717) is 29.9 Å². The molecule has 2 aliphatic rings. The van der Waals surface area contributed by atoms with Gasteiger partial charge in [-0.05, 0) is 12.8 Å². The number of carbonyl (C=O) groups is 2. The van der Waals surface area contributed by atoms with Crippen LogP contribution in [0.5, 0.6) is 0 Å². The average molecular weight is 338 g/mol. The van der Waals surface area contributed by atoms with Gasteiger partial charge in [-0.2, -0.15) is 4.98 Å². The van der Waals surface area contributed by atoms with E-state index in [4.69, 9.17) is 4.52 Å². The van der Waals surface area contributed by atoms with Crippen LogP contribution in [0.2, 0.25) is 0 Å². The van der Waals surface area contributed by atoms with E-state index in [1.807, 2.05) is 18.7 Å². The van der Waals surface area contributed by atoms with Crippen LogP contribution in [-0.4, -0.2) is 63.0 Å². The summed E-state index contributed by atoms with van der Waals surface area (Å²) >= 11 is 1.56. The predicted octanol–water partition coefficient (Wildman–Crippen LogP) is 1.43. The molecule has 0 N–H and O–H groups in total. The average Bonchev–Trinajstić information content (AvgIpc) is 3.17. The number of hydrogen-bond donors (Lipinski definition) is 0. The van der Waals surface area contributed by atoms with Crippen molar-refractivity contribution in [1.29, 1.82) is 0 Å². The van der Waals surface area contributed by atoms with Crippen molar-refractivity contribution in [2.75, 3.05) is 31.3 Å². The minimum Gasteiger partial charge on any atom is -0.340 e. The Kier molecular flexibility index (Phi) is 4.89. The summed E-state index contributed by atoms with van der Waals surface area (Å²) in [6, 6.07) is 0. The van der Waals surface area contributed by atoms with E-state index < -0.39 is 0 Å². The van der Waals surface area contributed by atoms with Gasteiger partial charge in [-0.15, -0.1) is 11.8 Å². The molecular weight excluding hydrogens is 316 g/mol. The normalized spacial score (nSPS) is 22.2. The SMILES string of the molecule is CC(C)c1nc([C@H]2CCCN(C(=O)CN3CSCC3=O)C2)no1. The Balaban J connectivity index is 1.60. The predicted molar refractivity (Wildman–Crippen MR) is 86.0 cm³/mol. The van der Waals surface area contributed by atoms with Gasteiger partial charge in [0.05, 0.1) is 11.6 Å². The van der Waals surface area contributed by atoms with E-state index in [1.54, 1.807) is 16.7 Å². The molecule has 23 heavy (non-hydrogen) atoms. The highest BCUT2D eigenvalue weighted by atomic mass is 32.2. The molecule has 126 valence electrons. The minimum atomic E-state index is 0.0122. The van der Waals surface area contributed by atoms with E-state index in [2.05, 4.69) is 10.1 Å². The molecule has 0 aliphatic carbocycles. The topological polar surface area (TPSA) is 79.5 Å². The number of aromatic nitrogens is 2. The van der Waals surface area contributed by atoms with E-state index in [0.717, 1.165) is 19.4 Å². The van der Waals surface area contributed by atoms with Gasteiger partial charge in [0.2, 0.25) is 17.7 Å². The Morgan fingerprint density at radius 1 is 1.48 bits per heavy atom. The molecule has 0 bridgehead atoms. The zero-order valence-electron chi connectivity index (χ0n) is 13.5. The highest BCUT2D eigenvalue weighted by Gasteiger charge is 2.30. The van der Waals surface area contributed by atoms with Crippen LogP contribution < -0.4 is 0 Å². The molecule has 1 aromatic heterocycles. The lowest BCUT2D eigenvalue weighted by molar-refractivity contribution is -0.138. The molecule has 0 radical (unpaired) electrons. The molecule has 3 heterocycles. The third-order valence-corrected chi connectivity index (χ3v) is 5.19. The van der Waals surface area contributed by atoms with Gasteiger partial charge in [0.15, 0.2) is 5.82 Å². The van der Waals surface area contributed by atoms with E-state index >= 15 is 0 Å². The smallest absolute Gasteiger partial charge is 0.242 e. The number of rotatable bonds is 4. The second-order valence-electron chi connectivity index (χ2n) is 6.39. The van der Waals surface area contributed by atoms with Crippen molar-refractivity contribution in [3.63, 3.8) is 0 Å². The summed E-state index contributed by atoms with van der Waals surface area (Å²) in [7, 11) is 0. The second-order valence-corrected chi connectivity index (χ2v) is 7.35. The maximum absolute atomic E-state index is 12.4. The summed E-state index contributed by atoms with van der Waals surface area (Å²) in [5, 5.41) is 4.08. The first-order chi connectivity index (χ1) is 11.0. The molecule has 2 fully saturated rings. The van der Waals surface area contributed by atoms with Crippen LogP contribution >= 0.6 is 11.8 Å². The van der Waals surface area contributed by atoms with Crippen LogP contribution in [0.25, 0.3) is 0 Å². The second kappa shape index (κ2) is 6.90. The minimum absolute atomic E-state index is 0.0122. The van der Waals surface area contributed by atoms with Crippen molar-refractivity contribution in [3.05, 3.63) is 11.7 Å². The van der Waals surface area contributed by atoms with Gasteiger partial charge in [0.1, 0.15) is 6.54 Å². The lowest BCUT2D eigenvalue weighted by Gasteiger charge is -2.32. The summed E-state index contributed by atoms with van der Waals surface area (Å²) in [6.07, 6.45) is 1.88. The summed E-state index contributed by atoms with van der Waals surface area (Å²) < 4.78 is 5.28. The third-order valence-electron chi connectivity index (χ3n) is 4.24. The van der Waals surface area contributed by atoms with Gasteiger partial charge in [-0.3, -0.25) is 9.59 Å². The van der Waals surface area contributed by atoms with Gasteiger partial charge in [0, 0.05) is 24.9 Å². The highest BCUT2D eigenvalue weighted by molar-refractivity contribution is 8.00. The molecule has 2 amide bonds. The molecular formula is C15H22N4O3S. The number of hydrogen-bond acceptors (Lipinski definition) is 6. The van der Waals surface area contributed by atoms with Crippen LogP contribution in [0.15, 0.2) is 4.52 Å². The lowest BCUT2D eigenvalue weighted by Crippen LogP contribution is -2.45. The third kappa shape index (κ3) is 3.68. The van der Waals surface area contributed by atoms with E-state index in [9.17, 15) is 9.59 Å².